The fourth-order valence-electron chi connectivity index (χ4n) is 1.52. The summed E-state index contributed by atoms with van der Waals surface area (Å²) in [5.41, 5.74) is 2.29. The van der Waals surface area contributed by atoms with E-state index in [1.807, 2.05) is 19.2 Å². The molecule has 0 unspecified atom stereocenters. The van der Waals surface area contributed by atoms with Gasteiger partial charge in [0, 0.05) is 39.2 Å². The van der Waals surface area contributed by atoms with Crippen molar-refractivity contribution in [3.05, 3.63) is 29.6 Å². The third kappa shape index (κ3) is 5.75. The van der Waals surface area contributed by atoms with E-state index in [2.05, 4.69) is 15.6 Å². The summed E-state index contributed by atoms with van der Waals surface area (Å²) in [6, 6.07) is 1.96. The van der Waals surface area contributed by atoms with Gasteiger partial charge in [0.05, 0.1) is 6.54 Å². The van der Waals surface area contributed by atoms with E-state index in [4.69, 9.17) is 4.74 Å². The van der Waals surface area contributed by atoms with Crippen LogP contribution in [0.2, 0.25) is 0 Å². The van der Waals surface area contributed by atoms with Gasteiger partial charge in [0.15, 0.2) is 0 Å². The Hall–Kier alpha value is -1.46. The van der Waals surface area contributed by atoms with Crippen LogP contribution in [0.3, 0.4) is 0 Å². The van der Waals surface area contributed by atoms with Crippen LogP contribution in [-0.4, -0.2) is 37.7 Å². The van der Waals surface area contributed by atoms with Crippen molar-refractivity contribution in [2.75, 3.05) is 26.8 Å². The average Bonchev–Trinajstić information content (AvgIpc) is 2.37. The number of nitrogens with zero attached hydrogens (tertiary/aromatic N) is 1. The normalized spacial score (nSPS) is 10.3. The highest BCUT2D eigenvalue weighted by atomic mass is 16.5. The van der Waals surface area contributed by atoms with Gasteiger partial charge < -0.3 is 15.4 Å². The number of rotatable bonds is 8. The minimum absolute atomic E-state index is 0.0119. The van der Waals surface area contributed by atoms with E-state index in [0.717, 1.165) is 17.5 Å². The molecule has 0 aliphatic rings. The van der Waals surface area contributed by atoms with Gasteiger partial charge in [-0.1, -0.05) is 0 Å². The third-order valence-corrected chi connectivity index (χ3v) is 2.58. The summed E-state index contributed by atoms with van der Waals surface area (Å²) < 4.78 is 4.90. The summed E-state index contributed by atoms with van der Waals surface area (Å²) in [7, 11) is 1.65. The first kappa shape index (κ1) is 14.6. The highest BCUT2D eigenvalue weighted by molar-refractivity contribution is 5.77. The molecule has 1 heterocycles. The highest BCUT2D eigenvalue weighted by Gasteiger charge is 2.01. The smallest absolute Gasteiger partial charge is 0.233 e. The van der Waals surface area contributed by atoms with E-state index < -0.39 is 0 Å². The Labute approximate surface area is 108 Å². The van der Waals surface area contributed by atoms with E-state index in [0.29, 0.717) is 26.2 Å². The average molecular weight is 251 g/mol. The maximum Gasteiger partial charge on any atom is 0.233 e. The molecule has 1 amide bonds. The zero-order valence-corrected chi connectivity index (χ0v) is 11.0. The number of nitrogens with one attached hydrogen (secondary N) is 2. The zero-order valence-electron chi connectivity index (χ0n) is 11.0. The first-order chi connectivity index (χ1) is 8.74. The molecular formula is C13H21N3O2. The summed E-state index contributed by atoms with van der Waals surface area (Å²) in [6.07, 6.45) is 4.42. The van der Waals surface area contributed by atoms with Gasteiger partial charge in [-0.15, -0.1) is 0 Å². The molecule has 0 fully saturated rings. The van der Waals surface area contributed by atoms with Gasteiger partial charge in [0.1, 0.15) is 0 Å². The molecule has 0 saturated carbocycles. The number of pyridine rings is 1. The number of hydrogen-bond donors (Lipinski definition) is 2. The van der Waals surface area contributed by atoms with Gasteiger partial charge >= 0.3 is 0 Å². The molecule has 100 valence electrons. The van der Waals surface area contributed by atoms with Crippen molar-refractivity contribution in [3.63, 3.8) is 0 Å². The maximum atomic E-state index is 11.5. The Kier molecular flexibility index (Phi) is 6.98. The molecule has 1 aromatic heterocycles. The number of carbonyl (C=O) groups is 1. The Morgan fingerprint density at radius 1 is 1.50 bits per heavy atom. The number of hydrogen-bond acceptors (Lipinski definition) is 4. The Morgan fingerprint density at radius 2 is 2.33 bits per heavy atom. The number of carbonyl (C=O) groups excluding carboxylic acids is 1. The van der Waals surface area contributed by atoms with E-state index in [-0.39, 0.29) is 5.91 Å². The summed E-state index contributed by atoms with van der Waals surface area (Å²) in [5.74, 6) is 0.0119. The highest BCUT2D eigenvalue weighted by Crippen LogP contribution is 2.03. The number of aromatic nitrogens is 1. The molecule has 0 bridgehead atoms. The molecule has 0 atom stereocenters. The molecule has 1 aromatic rings. The summed E-state index contributed by atoms with van der Waals surface area (Å²) in [6.45, 7) is 4.34. The second kappa shape index (κ2) is 8.60. The van der Waals surface area contributed by atoms with Crippen LogP contribution in [0.1, 0.15) is 17.5 Å². The minimum atomic E-state index is 0.0119. The van der Waals surface area contributed by atoms with E-state index in [1.165, 1.54) is 0 Å². The van der Waals surface area contributed by atoms with Gasteiger partial charge in [0.2, 0.25) is 5.91 Å². The van der Waals surface area contributed by atoms with E-state index >= 15 is 0 Å². The van der Waals surface area contributed by atoms with Crippen LogP contribution in [0.15, 0.2) is 18.5 Å². The number of methoxy groups -OCH3 is 1. The lowest BCUT2D eigenvalue weighted by molar-refractivity contribution is -0.120. The molecule has 18 heavy (non-hydrogen) atoms. The Bertz CT molecular complexity index is 369. The fraction of sp³-hybridized carbons (Fsp3) is 0.538. The van der Waals surface area contributed by atoms with E-state index in [1.54, 1.807) is 13.3 Å². The van der Waals surface area contributed by atoms with Crippen LogP contribution in [-0.2, 0) is 16.1 Å². The number of aryl methyl sites for hydroxylation is 1. The zero-order chi connectivity index (χ0) is 13.2. The lowest BCUT2D eigenvalue weighted by Gasteiger charge is -2.08. The second-order valence-electron chi connectivity index (χ2n) is 4.10. The molecule has 5 heteroatoms. The molecule has 0 saturated heterocycles. The minimum Gasteiger partial charge on any atom is -0.385 e. The Morgan fingerprint density at radius 3 is 3.06 bits per heavy atom. The molecule has 5 nitrogen and oxygen atoms in total. The van der Waals surface area contributed by atoms with Crippen molar-refractivity contribution in [1.82, 2.24) is 15.6 Å². The van der Waals surface area contributed by atoms with Crippen molar-refractivity contribution in [2.24, 2.45) is 0 Å². The van der Waals surface area contributed by atoms with Crippen LogP contribution >= 0.6 is 0 Å². The molecule has 1 rings (SSSR count). The molecule has 0 spiro atoms. The standard InChI is InChI=1S/C13H21N3O2/c1-11-8-14-6-4-12(11)9-15-10-13(17)16-5-3-7-18-2/h4,6,8,15H,3,5,7,9-10H2,1-2H3,(H,16,17). The number of ether oxygens (including phenoxy) is 1. The van der Waals surface area contributed by atoms with Gasteiger partial charge in [-0.2, -0.15) is 0 Å². The lowest BCUT2D eigenvalue weighted by Crippen LogP contribution is -2.34. The summed E-state index contributed by atoms with van der Waals surface area (Å²) in [5, 5.41) is 5.94. The first-order valence-corrected chi connectivity index (χ1v) is 6.10. The predicted octanol–water partition coefficient (Wildman–Crippen LogP) is 0.632. The molecule has 0 radical (unpaired) electrons. The maximum absolute atomic E-state index is 11.5. The molecular weight excluding hydrogens is 230 g/mol. The van der Waals surface area contributed by atoms with Crippen LogP contribution in [0.25, 0.3) is 0 Å². The van der Waals surface area contributed by atoms with Crippen molar-refractivity contribution in [2.45, 2.75) is 19.9 Å². The quantitative estimate of drug-likeness (QED) is 0.665. The van der Waals surface area contributed by atoms with Crippen LogP contribution in [0, 0.1) is 6.92 Å². The second-order valence-corrected chi connectivity index (χ2v) is 4.10. The van der Waals surface area contributed by atoms with Crippen LogP contribution < -0.4 is 10.6 Å². The third-order valence-electron chi connectivity index (χ3n) is 2.58. The Balaban J connectivity index is 2.14. The van der Waals surface area contributed by atoms with Gasteiger partial charge in [0.25, 0.3) is 0 Å². The SMILES string of the molecule is COCCCNC(=O)CNCc1ccncc1C. The molecule has 0 aliphatic heterocycles. The number of amides is 1. The molecule has 2 N–H and O–H groups in total. The molecule has 0 aliphatic carbocycles. The van der Waals surface area contributed by atoms with Crippen LogP contribution in [0.4, 0.5) is 0 Å². The summed E-state index contributed by atoms with van der Waals surface area (Å²) >= 11 is 0. The van der Waals surface area contributed by atoms with Gasteiger partial charge in [-0.25, -0.2) is 0 Å². The molecule has 0 aromatic carbocycles. The van der Waals surface area contributed by atoms with Crippen molar-refractivity contribution in [3.8, 4) is 0 Å². The van der Waals surface area contributed by atoms with Crippen molar-refractivity contribution >= 4 is 5.91 Å². The fourth-order valence-corrected chi connectivity index (χ4v) is 1.52. The predicted molar refractivity (Wildman–Crippen MR) is 70.2 cm³/mol. The van der Waals surface area contributed by atoms with Crippen molar-refractivity contribution in [1.29, 1.82) is 0 Å². The largest absolute Gasteiger partial charge is 0.385 e. The topological polar surface area (TPSA) is 63.2 Å². The van der Waals surface area contributed by atoms with E-state index in [9.17, 15) is 4.79 Å². The first-order valence-electron chi connectivity index (χ1n) is 6.10. The van der Waals surface area contributed by atoms with Crippen LogP contribution in [0.5, 0.6) is 0 Å². The summed E-state index contributed by atoms with van der Waals surface area (Å²) in [4.78, 5) is 15.5. The lowest BCUT2D eigenvalue weighted by atomic mass is 10.1. The van der Waals surface area contributed by atoms with Crippen molar-refractivity contribution < 1.29 is 9.53 Å². The van der Waals surface area contributed by atoms with Gasteiger partial charge in [-0.05, 0) is 30.5 Å². The van der Waals surface area contributed by atoms with Gasteiger partial charge in [-0.3, -0.25) is 9.78 Å². The monoisotopic (exact) mass is 251 g/mol.